The van der Waals surface area contributed by atoms with Gasteiger partial charge in [-0.2, -0.15) is 0 Å². The third kappa shape index (κ3) is 6.72. The minimum atomic E-state index is -0.0986. The minimum Gasteiger partial charge on any atom is -0.481 e. The molecule has 1 atom stereocenters. The summed E-state index contributed by atoms with van der Waals surface area (Å²) in [4.78, 5) is 37.2. The lowest BCUT2D eigenvalue weighted by atomic mass is 10.0. The number of rotatable bonds is 10. The Morgan fingerprint density at radius 1 is 1.31 bits per heavy atom. The van der Waals surface area contributed by atoms with Crippen molar-refractivity contribution < 1.29 is 9.53 Å². The summed E-state index contributed by atoms with van der Waals surface area (Å²) in [5, 5.41) is 3.30. The van der Waals surface area contributed by atoms with Gasteiger partial charge in [0.05, 0.1) is 7.11 Å². The molecule has 4 rings (SSSR count). The molecular formula is C27H37N5O3. The zero-order chi connectivity index (χ0) is 24.8. The Morgan fingerprint density at radius 2 is 2.14 bits per heavy atom. The number of amides is 1. The minimum absolute atomic E-state index is 0.0400. The number of pyridine rings is 2. The van der Waals surface area contributed by atoms with Crippen molar-refractivity contribution in [2.45, 2.75) is 51.6 Å². The van der Waals surface area contributed by atoms with E-state index >= 15 is 0 Å². The summed E-state index contributed by atoms with van der Waals surface area (Å²) in [5.41, 5.74) is 2.41. The molecule has 2 aliphatic rings. The maximum Gasteiger partial charge on any atom is 0.271 e. The highest BCUT2D eigenvalue weighted by atomic mass is 16.5. The quantitative estimate of drug-likeness (QED) is 0.509. The SMILES string of the molecule is COc1cc(-c2c[nH]c(=O)c(N(CC3CC3)[C@H]3CCCN(C(=O)C=CCNC(C)C)C3)c2)ccn1. The Morgan fingerprint density at radius 3 is 2.89 bits per heavy atom. The summed E-state index contributed by atoms with van der Waals surface area (Å²) in [5.74, 6) is 1.17. The molecule has 1 saturated heterocycles. The smallest absolute Gasteiger partial charge is 0.271 e. The molecule has 1 amide bonds. The number of likely N-dealkylation sites (tertiary alicyclic amines) is 1. The van der Waals surface area contributed by atoms with Gasteiger partial charge in [0.1, 0.15) is 5.69 Å². The van der Waals surface area contributed by atoms with Gasteiger partial charge < -0.3 is 24.8 Å². The Bertz CT molecular complexity index is 1090. The van der Waals surface area contributed by atoms with E-state index in [1.165, 1.54) is 12.8 Å². The molecule has 1 aliphatic heterocycles. The second-order valence-corrected chi connectivity index (χ2v) is 9.83. The van der Waals surface area contributed by atoms with Crippen molar-refractivity contribution >= 4 is 11.6 Å². The molecule has 0 spiro atoms. The average molecular weight is 480 g/mol. The van der Waals surface area contributed by atoms with Gasteiger partial charge >= 0.3 is 0 Å². The molecule has 3 heterocycles. The maximum atomic E-state index is 13.0. The first-order valence-electron chi connectivity index (χ1n) is 12.6. The van der Waals surface area contributed by atoms with E-state index in [2.05, 4.69) is 34.0 Å². The van der Waals surface area contributed by atoms with E-state index in [0.717, 1.165) is 37.1 Å². The monoisotopic (exact) mass is 479 g/mol. The number of aromatic amines is 1. The summed E-state index contributed by atoms with van der Waals surface area (Å²) in [6.45, 7) is 7.06. The number of anilines is 1. The fraction of sp³-hybridized carbons (Fsp3) is 0.519. The van der Waals surface area contributed by atoms with Crippen molar-refractivity contribution in [3.05, 3.63) is 53.1 Å². The van der Waals surface area contributed by atoms with Crippen molar-refractivity contribution in [3.63, 3.8) is 0 Å². The summed E-state index contributed by atoms with van der Waals surface area (Å²) >= 11 is 0. The summed E-state index contributed by atoms with van der Waals surface area (Å²) in [6, 6.07) is 6.23. The zero-order valence-electron chi connectivity index (χ0n) is 21.0. The predicted molar refractivity (Wildman–Crippen MR) is 139 cm³/mol. The van der Waals surface area contributed by atoms with E-state index < -0.39 is 0 Å². The van der Waals surface area contributed by atoms with Crippen molar-refractivity contribution in [1.82, 2.24) is 20.2 Å². The normalized spacial score (nSPS) is 18.3. The fourth-order valence-corrected chi connectivity index (χ4v) is 4.55. The van der Waals surface area contributed by atoms with Gasteiger partial charge in [0.25, 0.3) is 5.56 Å². The second-order valence-electron chi connectivity index (χ2n) is 9.83. The predicted octanol–water partition coefficient (Wildman–Crippen LogP) is 3.21. The highest BCUT2D eigenvalue weighted by Crippen LogP contribution is 2.34. The molecule has 2 N–H and O–H groups in total. The van der Waals surface area contributed by atoms with Crippen molar-refractivity contribution in [2.75, 3.05) is 38.2 Å². The number of aromatic nitrogens is 2. The van der Waals surface area contributed by atoms with Gasteiger partial charge in [-0.1, -0.05) is 19.9 Å². The van der Waals surface area contributed by atoms with Crippen LogP contribution in [-0.4, -0.2) is 66.1 Å². The van der Waals surface area contributed by atoms with E-state index in [1.807, 2.05) is 29.2 Å². The molecule has 2 aromatic rings. The van der Waals surface area contributed by atoms with Crippen LogP contribution in [0.4, 0.5) is 5.69 Å². The van der Waals surface area contributed by atoms with E-state index in [-0.39, 0.29) is 17.5 Å². The Kier molecular flexibility index (Phi) is 8.23. The van der Waals surface area contributed by atoms with Crippen LogP contribution in [0, 0.1) is 5.92 Å². The van der Waals surface area contributed by atoms with E-state index in [1.54, 1.807) is 25.6 Å². The van der Waals surface area contributed by atoms with Gasteiger partial charge in [-0.25, -0.2) is 4.98 Å². The molecule has 0 aromatic carbocycles. The molecule has 1 aliphatic carbocycles. The Labute approximate surface area is 207 Å². The van der Waals surface area contributed by atoms with E-state index in [4.69, 9.17) is 4.74 Å². The van der Waals surface area contributed by atoms with Crippen LogP contribution < -0.4 is 20.5 Å². The molecule has 0 radical (unpaired) electrons. The largest absolute Gasteiger partial charge is 0.481 e. The molecular weight excluding hydrogens is 442 g/mol. The topological polar surface area (TPSA) is 90.6 Å². The second kappa shape index (κ2) is 11.5. The first kappa shape index (κ1) is 25.0. The van der Waals surface area contributed by atoms with Crippen molar-refractivity contribution in [1.29, 1.82) is 0 Å². The molecule has 2 aromatic heterocycles. The molecule has 188 valence electrons. The maximum absolute atomic E-state index is 13.0. The van der Waals surface area contributed by atoms with E-state index in [9.17, 15) is 9.59 Å². The van der Waals surface area contributed by atoms with Crippen LogP contribution >= 0.6 is 0 Å². The van der Waals surface area contributed by atoms with E-state index in [0.29, 0.717) is 36.6 Å². The van der Waals surface area contributed by atoms with Gasteiger partial charge in [0, 0.05) is 68.4 Å². The number of hydrogen-bond acceptors (Lipinski definition) is 6. The molecule has 0 bridgehead atoms. The molecule has 8 heteroatoms. The van der Waals surface area contributed by atoms with Crippen molar-refractivity contribution in [3.8, 4) is 17.0 Å². The number of nitrogens with zero attached hydrogens (tertiary/aromatic N) is 3. The standard InChI is InChI=1S/C27H37N5O3/c1-19(2)28-11-4-7-26(33)31-13-5-6-23(18-31)32(17-20-8-9-20)24-14-22(16-30-27(24)34)21-10-12-29-25(15-21)35-3/h4,7,10,12,14-16,19-20,23,28H,5-6,8-9,11,13,17-18H2,1-3H3,(H,30,34)/t23-/m0/s1. The van der Waals surface area contributed by atoms with Crippen LogP contribution in [0.3, 0.4) is 0 Å². The van der Waals surface area contributed by atoms with Crippen LogP contribution in [0.15, 0.2) is 47.5 Å². The average Bonchev–Trinajstić information content (AvgIpc) is 3.70. The van der Waals surface area contributed by atoms with Crippen LogP contribution in [0.2, 0.25) is 0 Å². The van der Waals surface area contributed by atoms with Crippen LogP contribution in [0.1, 0.15) is 39.5 Å². The molecule has 2 fully saturated rings. The van der Waals surface area contributed by atoms with Crippen LogP contribution in [-0.2, 0) is 4.79 Å². The molecule has 0 unspecified atom stereocenters. The summed E-state index contributed by atoms with van der Waals surface area (Å²) < 4.78 is 5.27. The summed E-state index contributed by atoms with van der Waals surface area (Å²) in [7, 11) is 1.59. The molecule has 8 nitrogen and oxygen atoms in total. The third-order valence-electron chi connectivity index (χ3n) is 6.68. The molecule has 1 saturated carbocycles. The number of carbonyl (C=O) groups is 1. The van der Waals surface area contributed by atoms with Gasteiger partial charge in [-0.3, -0.25) is 9.59 Å². The Balaban J connectivity index is 1.55. The zero-order valence-corrected chi connectivity index (χ0v) is 21.0. The summed E-state index contributed by atoms with van der Waals surface area (Å²) in [6.07, 6.45) is 11.3. The van der Waals surface area contributed by atoms with Crippen molar-refractivity contribution in [2.24, 2.45) is 5.92 Å². The van der Waals surface area contributed by atoms with Gasteiger partial charge in [0.15, 0.2) is 0 Å². The van der Waals surface area contributed by atoms with Crippen LogP contribution in [0.25, 0.3) is 11.1 Å². The first-order valence-corrected chi connectivity index (χ1v) is 12.6. The number of ether oxygens (including phenoxy) is 1. The number of hydrogen-bond donors (Lipinski definition) is 2. The van der Waals surface area contributed by atoms with Gasteiger partial charge in [-0.05, 0) is 49.3 Å². The lowest BCUT2D eigenvalue weighted by Gasteiger charge is -2.40. The fourth-order valence-electron chi connectivity index (χ4n) is 4.55. The number of piperidine rings is 1. The highest BCUT2D eigenvalue weighted by Gasteiger charge is 2.33. The number of nitrogens with one attached hydrogen (secondary N) is 2. The number of H-pyrrole nitrogens is 1. The lowest BCUT2D eigenvalue weighted by molar-refractivity contribution is -0.127. The first-order chi connectivity index (χ1) is 16.9. The number of methoxy groups -OCH3 is 1. The number of carbonyl (C=O) groups excluding carboxylic acids is 1. The van der Waals surface area contributed by atoms with Gasteiger partial charge in [-0.15, -0.1) is 0 Å². The lowest BCUT2D eigenvalue weighted by Crippen LogP contribution is -2.51. The van der Waals surface area contributed by atoms with Crippen LogP contribution in [0.5, 0.6) is 5.88 Å². The third-order valence-corrected chi connectivity index (χ3v) is 6.68. The Hall–Kier alpha value is -3.13. The molecule has 35 heavy (non-hydrogen) atoms. The van der Waals surface area contributed by atoms with Gasteiger partial charge in [0.2, 0.25) is 11.8 Å². The highest BCUT2D eigenvalue weighted by molar-refractivity contribution is 5.87.